The van der Waals surface area contributed by atoms with Gasteiger partial charge in [-0.2, -0.15) is 0 Å². The van der Waals surface area contributed by atoms with Gasteiger partial charge in [-0.3, -0.25) is 9.69 Å². The number of fused-ring (bicyclic) bond motifs is 1. The molecule has 1 amide bonds. The van der Waals surface area contributed by atoms with E-state index in [9.17, 15) is 14.7 Å². The Bertz CT molecular complexity index is 407. The van der Waals surface area contributed by atoms with Crippen LogP contribution in [0.4, 0.5) is 0 Å². The molecule has 0 aromatic heterocycles. The van der Waals surface area contributed by atoms with E-state index in [0.717, 1.165) is 5.75 Å². The third kappa shape index (κ3) is 1.86. The van der Waals surface area contributed by atoms with E-state index in [1.54, 1.807) is 6.92 Å². The SMILES string of the molecule is CCSC1=C(C(=O)O)N2C(=O)[C@H]([C@@H](C)O)[C@H]2S1. The topological polar surface area (TPSA) is 77.8 Å². The van der Waals surface area contributed by atoms with Crippen LogP contribution in [0.1, 0.15) is 13.8 Å². The second kappa shape index (κ2) is 4.55. The predicted molar refractivity (Wildman–Crippen MR) is 66.2 cm³/mol. The van der Waals surface area contributed by atoms with E-state index in [4.69, 9.17) is 5.11 Å². The van der Waals surface area contributed by atoms with E-state index < -0.39 is 18.0 Å². The minimum absolute atomic E-state index is 0.0775. The molecule has 2 heterocycles. The molecule has 2 rings (SSSR count). The lowest BCUT2D eigenvalue weighted by atomic mass is 9.92. The van der Waals surface area contributed by atoms with Crippen LogP contribution < -0.4 is 0 Å². The molecular formula is C10H13NO4S2. The molecule has 94 valence electrons. The third-order valence-corrected chi connectivity index (χ3v) is 5.28. The van der Waals surface area contributed by atoms with Crippen LogP contribution in [0.2, 0.25) is 0 Å². The molecule has 0 radical (unpaired) electrons. The van der Waals surface area contributed by atoms with Gasteiger partial charge in [0.1, 0.15) is 5.37 Å². The lowest BCUT2D eigenvalue weighted by Gasteiger charge is -2.43. The molecule has 0 saturated carbocycles. The number of carboxylic acids is 1. The van der Waals surface area contributed by atoms with Gasteiger partial charge in [-0.05, 0) is 12.7 Å². The van der Waals surface area contributed by atoms with Gasteiger partial charge in [0.25, 0.3) is 0 Å². The number of rotatable bonds is 4. The average Bonchev–Trinajstić information content (AvgIpc) is 2.53. The van der Waals surface area contributed by atoms with Crippen LogP contribution in [0.3, 0.4) is 0 Å². The predicted octanol–water partition coefficient (Wildman–Crippen LogP) is 0.905. The number of hydrogen-bond acceptors (Lipinski definition) is 5. The van der Waals surface area contributed by atoms with Gasteiger partial charge in [0.05, 0.1) is 16.3 Å². The summed E-state index contributed by atoms with van der Waals surface area (Å²) >= 11 is 2.79. The molecule has 1 fully saturated rings. The van der Waals surface area contributed by atoms with Crippen LogP contribution in [0, 0.1) is 5.92 Å². The first kappa shape index (κ1) is 12.8. The molecular weight excluding hydrogens is 262 g/mol. The van der Waals surface area contributed by atoms with E-state index in [1.165, 1.54) is 28.4 Å². The van der Waals surface area contributed by atoms with Crippen LogP contribution >= 0.6 is 23.5 Å². The second-order valence-corrected chi connectivity index (χ2v) is 6.52. The summed E-state index contributed by atoms with van der Waals surface area (Å²) in [7, 11) is 0. The first-order valence-electron chi connectivity index (χ1n) is 5.27. The Hall–Kier alpha value is -0.660. The minimum Gasteiger partial charge on any atom is -0.477 e. The Balaban J connectivity index is 2.26. The van der Waals surface area contributed by atoms with Crippen molar-refractivity contribution in [1.29, 1.82) is 0 Å². The van der Waals surface area contributed by atoms with Crippen molar-refractivity contribution in [1.82, 2.24) is 4.90 Å². The molecule has 5 nitrogen and oxygen atoms in total. The monoisotopic (exact) mass is 275 g/mol. The summed E-state index contributed by atoms with van der Waals surface area (Å²) in [5.74, 6) is -1.09. The molecule has 0 unspecified atom stereocenters. The third-order valence-electron chi connectivity index (χ3n) is 2.74. The zero-order chi connectivity index (χ0) is 12.7. The van der Waals surface area contributed by atoms with E-state index >= 15 is 0 Å². The largest absolute Gasteiger partial charge is 0.477 e. The number of aliphatic hydroxyl groups excluding tert-OH is 1. The molecule has 7 heteroatoms. The summed E-state index contributed by atoms with van der Waals surface area (Å²) in [5.41, 5.74) is 0.0775. The molecule has 0 aromatic rings. The summed E-state index contributed by atoms with van der Waals surface area (Å²) in [6.07, 6.45) is -0.739. The van der Waals surface area contributed by atoms with Gasteiger partial charge >= 0.3 is 5.97 Å². The number of carbonyl (C=O) groups excluding carboxylic acids is 1. The molecule has 2 aliphatic heterocycles. The molecule has 0 aromatic carbocycles. The van der Waals surface area contributed by atoms with Gasteiger partial charge in [0.2, 0.25) is 5.91 Å². The van der Waals surface area contributed by atoms with Gasteiger partial charge in [-0.25, -0.2) is 4.79 Å². The van der Waals surface area contributed by atoms with E-state index in [-0.39, 0.29) is 17.0 Å². The van der Waals surface area contributed by atoms with Crippen molar-refractivity contribution in [2.45, 2.75) is 25.3 Å². The maximum atomic E-state index is 11.8. The number of carboxylic acid groups (broad SMARTS) is 1. The Morgan fingerprint density at radius 3 is 2.76 bits per heavy atom. The molecule has 3 atom stereocenters. The smallest absolute Gasteiger partial charge is 0.354 e. The number of β-lactam (4-membered cyclic amide) rings is 1. The quantitative estimate of drug-likeness (QED) is 0.742. The highest BCUT2D eigenvalue weighted by Gasteiger charge is 2.57. The lowest BCUT2D eigenvalue weighted by Crippen LogP contribution is -2.60. The summed E-state index contributed by atoms with van der Waals surface area (Å²) in [6.45, 7) is 3.49. The Morgan fingerprint density at radius 1 is 1.65 bits per heavy atom. The summed E-state index contributed by atoms with van der Waals surface area (Å²) in [4.78, 5) is 24.2. The Morgan fingerprint density at radius 2 is 2.29 bits per heavy atom. The van der Waals surface area contributed by atoms with Crippen LogP contribution in [0.25, 0.3) is 0 Å². The fourth-order valence-corrected chi connectivity index (χ4v) is 4.81. The number of nitrogens with zero attached hydrogens (tertiary/aromatic N) is 1. The zero-order valence-electron chi connectivity index (χ0n) is 9.41. The number of hydrogen-bond donors (Lipinski definition) is 2. The highest BCUT2D eigenvalue weighted by atomic mass is 32.2. The van der Waals surface area contributed by atoms with E-state index in [0.29, 0.717) is 4.24 Å². The first-order chi connectivity index (χ1) is 7.99. The normalized spacial score (nSPS) is 29.1. The van der Waals surface area contributed by atoms with Crippen LogP contribution in [0.15, 0.2) is 9.93 Å². The lowest BCUT2D eigenvalue weighted by molar-refractivity contribution is -0.156. The summed E-state index contributed by atoms with van der Waals surface area (Å²) < 4.78 is 0.668. The number of thioether (sulfide) groups is 2. The minimum atomic E-state index is -1.08. The van der Waals surface area contributed by atoms with Crippen LogP contribution in [-0.4, -0.2) is 44.2 Å². The second-order valence-electron chi connectivity index (χ2n) is 3.86. The number of carbonyl (C=O) groups is 2. The fourth-order valence-electron chi connectivity index (χ4n) is 1.98. The fraction of sp³-hybridized carbons (Fsp3) is 0.600. The van der Waals surface area contributed by atoms with Crippen molar-refractivity contribution < 1.29 is 19.8 Å². The first-order valence-corrected chi connectivity index (χ1v) is 7.13. The zero-order valence-corrected chi connectivity index (χ0v) is 11.0. The van der Waals surface area contributed by atoms with Crippen molar-refractivity contribution in [3.63, 3.8) is 0 Å². The molecule has 0 aliphatic carbocycles. The van der Waals surface area contributed by atoms with Crippen molar-refractivity contribution in [3.05, 3.63) is 9.93 Å². The maximum Gasteiger partial charge on any atom is 0.354 e. The molecule has 0 bridgehead atoms. The van der Waals surface area contributed by atoms with E-state index in [2.05, 4.69) is 0 Å². The highest BCUT2D eigenvalue weighted by molar-refractivity contribution is 8.22. The standard InChI is InChI=1S/C10H13NO4S2/c1-3-16-10-6(9(14)15)11-7(13)5(4(2)12)8(11)17-10/h4-5,8,12H,3H2,1-2H3,(H,14,15)/t4-,5+,8-/m1/s1. The average molecular weight is 275 g/mol. The number of amides is 1. The molecule has 2 aliphatic rings. The van der Waals surface area contributed by atoms with Gasteiger partial charge < -0.3 is 10.2 Å². The number of aliphatic carboxylic acids is 1. The van der Waals surface area contributed by atoms with Crippen molar-refractivity contribution in [2.24, 2.45) is 5.92 Å². The maximum absolute atomic E-state index is 11.8. The molecule has 2 N–H and O–H groups in total. The van der Waals surface area contributed by atoms with E-state index in [1.807, 2.05) is 6.92 Å². The summed E-state index contributed by atoms with van der Waals surface area (Å²) in [6, 6.07) is 0. The molecule has 0 spiro atoms. The molecule has 17 heavy (non-hydrogen) atoms. The van der Waals surface area contributed by atoms with Gasteiger partial charge in [-0.1, -0.05) is 18.7 Å². The van der Waals surface area contributed by atoms with Crippen LogP contribution in [0.5, 0.6) is 0 Å². The van der Waals surface area contributed by atoms with Crippen molar-refractivity contribution in [3.8, 4) is 0 Å². The van der Waals surface area contributed by atoms with Gasteiger partial charge in [0, 0.05) is 0 Å². The van der Waals surface area contributed by atoms with Crippen molar-refractivity contribution >= 4 is 35.4 Å². The Labute approximate surface area is 107 Å². The van der Waals surface area contributed by atoms with Crippen LogP contribution in [-0.2, 0) is 9.59 Å². The molecule has 1 saturated heterocycles. The Kier molecular flexibility index (Phi) is 3.42. The van der Waals surface area contributed by atoms with Gasteiger partial charge in [-0.15, -0.1) is 11.8 Å². The van der Waals surface area contributed by atoms with Crippen molar-refractivity contribution in [2.75, 3.05) is 5.75 Å². The van der Waals surface area contributed by atoms with Gasteiger partial charge in [0.15, 0.2) is 5.70 Å². The summed E-state index contributed by atoms with van der Waals surface area (Å²) in [5, 5.41) is 18.4. The number of aliphatic hydroxyl groups is 1. The highest BCUT2D eigenvalue weighted by Crippen LogP contribution is 2.53.